The van der Waals surface area contributed by atoms with E-state index in [9.17, 15) is 22.0 Å². The van der Waals surface area contributed by atoms with Crippen molar-refractivity contribution < 1.29 is 22.0 Å². The number of pyridine rings is 1. The van der Waals surface area contributed by atoms with E-state index in [0.29, 0.717) is 5.69 Å². The molecule has 33 heavy (non-hydrogen) atoms. The first-order chi connectivity index (χ1) is 15.7. The van der Waals surface area contributed by atoms with Crippen LogP contribution in [0.25, 0.3) is 10.2 Å². The molecule has 10 heteroatoms. The molecule has 0 spiro atoms. The van der Waals surface area contributed by atoms with E-state index in [2.05, 4.69) is 9.97 Å². The number of hydrogen-bond acceptors (Lipinski definition) is 6. The molecule has 2 aromatic carbocycles. The third kappa shape index (κ3) is 4.62. The van der Waals surface area contributed by atoms with E-state index in [0.717, 1.165) is 23.5 Å². The van der Waals surface area contributed by atoms with Crippen molar-refractivity contribution >= 4 is 42.4 Å². The number of fused-ring (bicyclic) bond motifs is 1. The first-order valence-electron chi connectivity index (χ1n) is 9.98. The summed E-state index contributed by atoms with van der Waals surface area (Å²) in [5.41, 5.74) is 0.754. The molecule has 0 bridgehead atoms. The van der Waals surface area contributed by atoms with Crippen LogP contribution in [0.3, 0.4) is 0 Å². The number of hydrogen-bond donors (Lipinski definition) is 0. The van der Waals surface area contributed by atoms with Gasteiger partial charge in [-0.25, -0.2) is 22.2 Å². The van der Waals surface area contributed by atoms with Gasteiger partial charge in [-0.1, -0.05) is 17.4 Å². The number of amides is 1. The topological polar surface area (TPSA) is 80.2 Å². The van der Waals surface area contributed by atoms with Gasteiger partial charge in [0, 0.05) is 17.8 Å². The number of nitrogens with zero attached hydrogens (tertiary/aromatic N) is 3. The number of carbonyl (C=O) groups is 1. The average molecular weight is 488 g/mol. The van der Waals surface area contributed by atoms with Crippen molar-refractivity contribution in [2.75, 3.05) is 4.90 Å². The molecule has 170 valence electrons. The Bertz CT molecular complexity index is 1420. The molecule has 4 aromatic rings. The second kappa shape index (κ2) is 8.95. The van der Waals surface area contributed by atoms with E-state index in [-0.39, 0.29) is 32.4 Å². The quantitative estimate of drug-likeness (QED) is 0.382. The lowest BCUT2D eigenvalue weighted by Gasteiger charge is -2.20. The summed E-state index contributed by atoms with van der Waals surface area (Å²) in [6, 6.07) is 12.8. The van der Waals surface area contributed by atoms with Crippen LogP contribution in [0.15, 0.2) is 65.7 Å². The molecular weight excluding hydrogens is 468 g/mol. The van der Waals surface area contributed by atoms with Crippen LogP contribution in [0.5, 0.6) is 0 Å². The van der Waals surface area contributed by atoms with Crippen LogP contribution >= 0.6 is 11.3 Å². The standard InChI is InChI=1S/C23H19F2N3O3S2/c1-14(2)33(30,31)18-8-6-15(7-9-18)22(29)28(13-17-5-3-4-10-26-17)23-27-21-19(25)11-16(24)12-20(21)32-23/h3-12,14H,13H2,1-2H3. The lowest BCUT2D eigenvalue weighted by atomic mass is 10.2. The van der Waals surface area contributed by atoms with Gasteiger partial charge in [0.05, 0.1) is 27.1 Å². The van der Waals surface area contributed by atoms with Gasteiger partial charge in [0.15, 0.2) is 20.8 Å². The molecule has 0 radical (unpaired) electrons. The Hall–Kier alpha value is -3.24. The summed E-state index contributed by atoms with van der Waals surface area (Å²) in [5.74, 6) is -2.03. The molecule has 2 heterocycles. The second-order valence-electron chi connectivity index (χ2n) is 7.56. The number of sulfone groups is 1. The first-order valence-corrected chi connectivity index (χ1v) is 12.3. The summed E-state index contributed by atoms with van der Waals surface area (Å²) in [4.78, 5) is 23.3. The molecule has 0 aliphatic heterocycles. The number of halogens is 2. The maximum absolute atomic E-state index is 14.2. The van der Waals surface area contributed by atoms with Crippen LogP contribution in [0.2, 0.25) is 0 Å². The summed E-state index contributed by atoms with van der Waals surface area (Å²) < 4.78 is 52.9. The minimum Gasteiger partial charge on any atom is -0.278 e. The summed E-state index contributed by atoms with van der Waals surface area (Å²) >= 11 is 0.978. The third-order valence-corrected chi connectivity index (χ3v) is 8.17. The molecule has 0 aliphatic rings. The smallest absolute Gasteiger partial charge is 0.260 e. The number of thiazole rings is 1. The maximum Gasteiger partial charge on any atom is 0.260 e. The van der Waals surface area contributed by atoms with Gasteiger partial charge in [-0.3, -0.25) is 14.7 Å². The third-order valence-electron chi connectivity index (χ3n) is 4.97. The van der Waals surface area contributed by atoms with Crippen LogP contribution in [-0.2, 0) is 16.4 Å². The molecule has 0 saturated carbocycles. The van der Waals surface area contributed by atoms with Gasteiger partial charge in [-0.2, -0.15) is 0 Å². The molecule has 4 rings (SSSR count). The molecule has 0 N–H and O–H groups in total. The zero-order valence-electron chi connectivity index (χ0n) is 17.7. The highest BCUT2D eigenvalue weighted by atomic mass is 32.2. The van der Waals surface area contributed by atoms with Gasteiger partial charge >= 0.3 is 0 Å². The fraction of sp³-hybridized carbons (Fsp3) is 0.174. The van der Waals surface area contributed by atoms with Gasteiger partial charge in [-0.15, -0.1) is 0 Å². The molecule has 1 amide bonds. The highest BCUT2D eigenvalue weighted by molar-refractivity contribution is 7.92. The van der Waals surface area contributed by atoms with E-state index in [1.807, 2.05) is 0 Å². The maximum atomic E-state index is 14.2. The van der Waals surface area contributed by atoms with Crippen LogP contribution < -0.4 is 4.90 Å². The van der Waals surface area contributed by atoms with Crippen LogP contribution in [0.4, 0.5) is 13.9 Å². The average Bonchev–Trinajstić information content (AvgIpc) is 3.22. The van der Waals surface area contributed by atoms with Crippen LogP contribution in [0, 0.1) is 11.6 Å². The Morgan fingerprint density at radius 2 is 1.82 bits per heavy atom. The number of rotatable bonds is 6. The number of aromatic nitrogens is 2. The van der Waals surface area contributed by atoms with Crippen molar-refractivity contribution in [3.8, 4) is 0 Å². The zero-order valence-corrected chi connectivity index (χ0v) is 19.3. The highest BCUT2D eigenvalue weighted by Crippen LogP contribution is 2.33. The number of benzene rings is 2. The monoisotopic (exact) mass is 487 g/mol. The van der Waals surface area contributed by atoms with Crippen molar-refractivity contribution in [2.45, 2.75) is 30.5 Å². The van der Waals surface area contributed by atoms with E-state index >= 15 is 0 Å². The normalized spacial score (nSPS) is 11.8. The van der Waals surface area contributed by atoms with Crippen molar-refractivity contribution in [1.82, 2.24) is 9.97 Å². The summed E-state index contributed by atoms with van der Waals surface area (Å²) in [6.07, 6.45) is 1.58. The highest BCUT2D eigenvalue weighted by Gasteiger charge is 2.25. The van der Waals surface area contributed by atoms with E-state index in [4.69, 9.17) is 0 Å². The van der Waals surface area contributed by atoms with Gasteiger partial charge < -0.3 is 0 Å². The predicted octanol–water partition coefficient (Wildman–Crippen LogP) is 5.00. The van der Waals surface area contributed by atoms with E-state index < -0.39 is 32.6 Å². The summed E-state index contributed by atoms with van der Waals surface area (Å²) in [6.45, 7) is 3.20. The van der Waals surface area contributed by atoms with Crippen molar-refractivity contribution in [3.63, 3.8) is 0 Å². The Kier molecular flexibility index (Phi) is 6.22. The zero-order chi connectivity index (χ0) is 23.8. The molecule has 0 saturated heterocycles. The van der Waals surface area contributed by atoms with E-state index in [1.54, 1.807) is 38.2 Å². The second-order valence-corrected chi connectivity index (χ2v) is 11.1. The predicted molar refractivity (Wildman–Crippen MR) is 123 cm³/mol. The molecule has 6 nitrogen and oxygen atoms in total. The fourth-order valence-electron chi connectivity index (χ4n) is 3.16. The summed E-state index contributed by atoms with van der Waals surface area (Å²) in [7, 11) is -3.49. The minimum atomic E-state index is -3.49. The largest absolute Gasteiger partial charge is 0.278 e. The van der Waals surface area contributed by atoms with Gasteiger partial charge in [0.25, 0.3) is 5.91 Å². The minimum absolute atomic E-state index is 0.0337. The van der Waals surface area contributed by atoms with E-state index in [1.165, 1.54) is 29.2 Å². The Labute approximate surface area is 193 Å². The van der Waals surface area contributed by atoms with Gasteiger partial charge in [-0.05, 0) is 56.3 Å². The lowest BCUT2D eigenvalue weighted by Crippen LogP contribution is -2.30. The number of carbonyl (C=O) groups excluding carboxylic acids is 1. The Balaban J connectivity index is 1.75. The van der Waals surface area contributed by atoms with Gasteiger partial charge in [0.1, 0.15) is 11.3 Å². The molecular formula is C23H19F2N3O3S2. The molecule has 0 aliphatic carbocycles. The lowest BCUT2D eigenvalue weighted by molar-refractivity contribution is 0.0984. The Morgan fingerprint density at radius 3 is 2.45 bits per heavy atom. The number of anilines is 1. The van der Waals surface area contributed by atoms with Crippen molar-refractivity contribution in [1.29, 1.82) is 0 Å². The van der Waals surface area contributed by atoms with Crippen LogP contribution in [0.1, 0.15) is 29.9 Å². The first kappa shape index (κ1) is 22.9. The molecule has 0 fully saturated rings. The van der Waals surface area contributed by atoms with Crippen LogP contribution in [-0.4, -0.2) is 29.5 Å². The summed E-state index contributed by atoms with van der Waals surface area (Å²) in [5, 5.41) is -0.429. The van der Waals surface area contributed by atoms with Crippen molar-refractivity contribution in [3.05, 3.63) is 83.7 Å². The Morgan fingerprint density at radius 1 is 1.09 bits per heavy atom. The molecule has 2 aromatic heterocycles. The van der Waals surface area contributed by atoms with Crippen molar-refractivity contribution in [2.24, 2.45) is 0 Å². The molecule has 0 unspecified atom stereocenters. The SMILES string of the molecule is CC(C)S(=O)(=O)c1ccc(C(=O)N(Cc2ccccn2)c2nc3c(F)cc(F)cc3s2)cc1. The fourth-order valence-corrected chi connectivity index (χ4v) is 5.22. The molecule has 0 atom stereocenters. The van der Waals surface area contributed by atoms with Gasteiger partial charge in [0.2, 0.25) is 0 Å².